The molecule has 1 N–H and O–H groups in total. The van der Waals surface area contributed by atoms with Gasteiger partial charge < -0.3 is 9.72 Å². The second kappa shape index (κ2) is 5.43. The zero-order chi connectivity index (χ0) is 17.6. The lowest BCUT2D eigenvalue weighted by atomic mass is 10.4. The van der Waals surface area contributed by atoms with Gasteiger partial charge in [-0.2, -0.15) is 17.7 Å². The summed E-state index contributed by atoms with van der Waals surface area (Å²) in [4.78, 5) is 4.46. The quantitative estimate of drug-likeness (QED) is 0.617. The van der Waals surface area contributed by atoms with Gasteiger partial charge in [0, 0.05) is 11.9 Å². The van der Waals surface area contributed by atoms with Crippen molar-refractivity contribution in [3.05, 3.63) is 53.7 Å². The Morgan fingerprint density at radius 2 is 1.92 bits per heavy atom. The molecule has 0 aliphatic rings. The number of hydrogen-bond acceptors (Lipinski definition) is 5. The fraction of sp³-hybridized carbons (Fsp3) is 0.200. The maximum atomic E-state index is 12.9. The highest BCUT2D eigenvalue weighted by atomic mass is 19.4. The molecule has 128 valence electrons. The number of aromatic nitrogens is 6. The van der Waals surface area contributed by atoms with Crippen LogP contribution in [0, 0.1) is 6.92 Å². The number of halogens is 3. The Morgan fingerprint density at radius 1 is 1.08 bits per heavy atom. The van der Waals surface area contributed by atoms with Crippen LogP contribution in [0.4, 0.5) is 19.0 Å². The number of alkyl halides is 3. The highest BCUT2D eigenvalue weighted by molar-refractivity contribution is 5.45. The molecular formula is C15H12F3N7. The SMILES string of the molecule is Cc1cccc2nc(CNc3ccc4nnc(C(F)(F)F)n4n3)cn12. The van der Waals surface area contributed by atoms with Crippen LogP contribution in [0.2, 0.25) is 0 Å². The van der Waals surface area contributed by atoms with E-state index in [-0.39, 0.29) is 11.5 Å². The monoisotopic (exact) mass is 347 g/mol. The topological polar surface area (TPSA) is 72.4 Å². The van der Waals surface area contributed by atoms with Crippen LogP contribution >= 0.6 is 0 Å². The molecule has 0 aliphatic heterocycles. The van der Waals surface area contributed by atoms with Crippen molar-refractivity contribution >= 4 is 17.1 Å². The Morgan fingerprint density at radius 3 is 2.68 bits per heavy atom. The van der Waals surface area contributed by atoms with E-state index in [0.717, 1.165) is 17.0 Å². The molecule has 0 saturated heterocycles. The lowest BCUT2D eigenvalue weighted by molar-refractivity contribution is -0.146. The van der Waals surface area contributed by atoms with E-state index in [0.29, 0.717) is 11.1 Å². The molecule has 0 saturated carbocycles. The van der Waals surface area contributed by atoms with Crippen LogP contribution in [0.25, 0.3) is 11.3 Å². The number of hydrogen-bond donors (Lipinski definition) is 1. The summed E-state index contributed by atoms with van der Waals surface area (Å²) in [5, 5.41) is 13.5. The average molecular weight is 347 g/mol. The Balaban J connectivity index is 1.60. The largest absolute Gasteiger partial charge is 0.453 e. The van der Waals surface area contributed by atoms with Crippen molar-refractivity contribution in [2.45, 2.75) is 19.6 Å². The minimum Gasteiger partial charge on any atom is -0.363 e. The first-order valence-electron chi connectivity index (χ1n) is 7.39. The van der Waals surface area contributed by atoms with E-state index in [1.54, 1.807) is 6.07 Å². The molecule has 0 amide bonds. The molecule has 0 spiro atoms. The summed E-state index contributed by atoms with van der Waals surface area (Å²) in [7, 11) is 0. The van der Waals surface area contributed by atoms with Gasteiger partial charge in [0.25, 0.3) is 5.82 Å². The lowest BCUT2D eigenvalue weighted by Crippen LogP contribution is -2.13. The smallest absolute Gasteiger partial charge is 0.363 e. The van der Waals surface area contributed by atoms with Crippen molar-refractivity contribution in [2.75, 3.05) is 5.32 Å². The van der Waals surface area contributed by atoms with Crippen molar-refractivity contribution in [1.82, 2.24) is 29.2 Å². The van der Waals surface area contributed by atoms with Crippen LogP contribution in [0.15, 0.2) is 36.5 Å². The summed E-state index contributed by atoms with van der Waals surface area (Å²) < 4.78 is 41.3. The van der Waals surface area contributed by atoms with Crippen LogP contribution in [0.1, 0.15) is 17.2 Å². The van der Waals surface area contributed by atoms with E-state index in [2.05, 4.69) is 25.6 Å². The van der Waals surface area contributed by atoms with E-state index in [9.17, 15) is 13.2 Å². The van der Waals surface area contributed by atoms with Crippen LogP contribution in [-0.2, 0) is 12.7 Å². The molecule has 0 aliphatic carbocycles. The number of nitrogens with one attached hydrogen (secondary N) is 1. The molecule has 4 aromatic heterocycles. The third-order valence-corrected chi connectivity index (χ3v) is 3.71. The van der Waals surface area contributed by atoms with E-state index in [4.69, 9.17) is 0 Å². The van der Waals surface area contributed by atoms with Gasteiger partial charge in [-0.05, 0) is 31.2 Å². The van der Waals surface area contributed by atoms with E-state index < -0.39 is 12.0 Å². The number of aryl methyl sites for hydroxylation is 1. The predicted molar refractivity (Wildman–Crippen MR) is 83.0 cm³/mol. The van der Waals surface area contributed by atoms with Gasteiger partial charge in [-0.15, -0.1) is 15.3 Å². The number of nitrogens with zero attached hydrogens (tertiary/aromatic N) is 6. The first-order chi connectivity index (χ1) is 11.9. The molecule has 4 rings (SSSR count). The molecule has 4 aromatic rings. The molecule has 25 heavy (non-hydrogen) atoms. The zero-order valence-electron chi connectivity index (χ0n) is 13.0. The number of imidazole rings is 1. The van der Waals surface area contributed by atoms with Gasteiger partial charge in [0.15, 0.2) is 5.65 Å². The van der Waals surface area contributed by atoms with Crippen molar-refractivity contribution < 1.29 is 13.2 Å². The number of fused-ring (bicyclic) bond motifs is 2. The van der Waals surface area contributed by atoms with Crippen molar-refractivity contribution in [2.24, 2.45) is 0 Å². The third-order valence-electron chi connectivity index (χ3n) is 3.71. The van der Waals surface area contributed by atoms with Gasteiger partial charge >= 0.3 is 6.18 Å². The second-order valence-electron chi connectivity index (χ2n) is 5.49. The summed E-state index contributed by atoms with van der Waals surface area (Å²) in [6.07, 6.45) is -2.75. The van der Waals surface area contributed by atoms with Gasteiger partial charge in [-0.25, -0.2) is 4.98 Å². The van der Waals surface area contributed by atoms with E-state index in [1.165, 1.54) is 6.07 Å². The second-order valence-corrected chi connectivity index (χ2v) is 5.49. The Hall–Kier alpha value is -3.17. The first kappa shape index (κ1) is 15.4. The number of rotatable bonds is 3. The lowest BCUT2D eigenvalue weighted by Gasteiger charge is -2.06. The molecular weight excluding hydrogens is 335 g/mol. The highest BCUT2D eigenvalue weighted by Gasteiger charge is 2.37. The summed E-state index contributed by atoms with van der Waals surface area (Å²) in [5.41, 5.74) is 2.62. The van der Waals surface area contributed by atoms with Crippen molar-refractivity contribution in [3.63, 3.8) is 0 Å². The molecule has 0 radical (unpaired) electrons. The molecule has 10 heteroatoms. The Kier molecular flexibility index (Phi) is 3.34. The summed E-state index contributed by atoms with van der Waals surface area (Å²) in [6, 6.07) is 8.73. The van der Waals surface area contributed by atoms with Crippen molar-refractivity contribution in [1.29, 1.82) is 0 Å². The molecule has 7 nitrogen and oxygen atoms in total. The maximum absolute atomic E-state index is 12.9. The number of anilines is 1. The Bertz CT molecular complexity index is 1060. The standard InChI is InChI=1S/C15H12F3N7/c1-9-3-2-4-12-20-10(8-24(9)12)7-19-11-5-6-13-21-22-14(15(16,17)18)25(13)23-11/h2-6,8H,7H2,1H3,(H,19,23). The highest BCUT2D eigenvalue weighted by Crippen LogP contribution is 2.27. The predicted octanol–water partition coefficient (Wildman–Crippen LogP) is 2.71. The fourth-order valence-corrected chi connectivity index (χ4v) is 2.53. The summed E-state index contributed by atoms with van der Waals surface area (Å²) >= 11 is 0. The summed E-state index contributed by atoms with van der Waals surface area (Å²) in [6.45, 7) is 2.29. The van der Waals surface area contributed by atoms with E-state index >= 15 is 0 Å². The minimum atomic E-state index is -4.62. The fourth-order valence-electron chi connectivity index (χ4n) is 2.53. The molecule has 0 atom stereocenters. The van der Waals surface area contributed by atoms with Gasteiger partial charge in [-0.1, -0.05) is 6.07 Å². The molecule has 0 bridgehead atoms. The minimum absolute atomic E-state index is 0.0289. The average Bonchev–Trinajstić information content (AvgIpc) is 3.16. The van der Waals surface area contributed by atoms with Gasteiger partial charge in [0.05, 0.1) is 12.2 Å². The first-order valence-corrected chi connectivity index (χ1v) is 7.39. The number of pyridine rings is 1. The van der Waals surface area contributed by atoms with E-state index in [1.807, 2.05) is 35.7 Å². The normalized spacial score (nSPS) is 12.2. The van der Waals surface area contributed by atoms with Crippen LogP contribution < -0.4 is 5.32 Å². The van der Waals surface area contributed by atoms with Gasteiger partial charge in [0.2, 0.25) is 0 Å². The zero-order valence-corrected chi connectivity index (χ0v) is 13.0. The maximum Gasteiger partial charge on any atom is 0.453 e. The summed E-state index contributed by atoms with van der Waals surface area (Å²) in [5.74, 6) is -0.888. The molecule has 0 fully saturated rings. The van der Waals surface area contributed by atoms with Gasteiger partial charge in [-0.3, -0.25) is 0 Å². The van der Waals surface area contributed by atoms with Crippen molar-refractivity contribution in [3.8, 4) is 0 Å². The van der Waals surface area contributed by atoms with Crippen LogP contribution in [-0.4, -0.2) is 29.2 Å². The Labute approximate surface area is 139 Å². The molecule has 0 aromatic carbocycles. The van der Waals surface area contributed by atoms with Gasteiger partial charge in [0.1, 0.15) is 11.5 Å². The van der Waals surface area contributed by atoms with Crippen LogP contribution in [0.3, 0.4) is 0 Å². The molecule has 4 heterocycles. The van der Waals surface area contributed by atoms with Crippen LogP contribution in [0.5, 0.6) is 0 Å². The third kappa shape index (κ3) is 2.75. The molecule has 0 unspecified atom stereocenters.